The number of pyridine rings is 1. The second-order valence-electron chi connectivity index (χ2n) is 16.5. The van der Waals surface area contributed by atoms with E-state index in [0.29, 0.717) is 17.5 Å². The highest BCUT2D eigenvalue weighted by atomic mass is 16.3. The van der Waals surface area contributed by atoms with Crippen LogP contribution in [0.4, 0.5) is 0 Å². The van der Waals surface area contributed by atoms with Crippen molar-refractivity contribution in [1.29, 1.82) is 0 Å². The first-order chi connectivity index (χ1) is 31.7. The van der Waals surface area contributed by atoms with Crippen LogP contribution in [0.1, 0.15) is 22.3 Å². The van der Waals surface area contributed by atoms with Gasteiger partial charge in [0.2, 0.25) is 0 Å². The largest absolute Gasteiger partial charge is 0.455 e. The molecule has 0 bridgehead atoms. The first kappa shape index (κ1) is 36.1. The number of nitrogens with zero attached hydrogens (tertiary/aromatic N) is 4. The fourth-order valence-electron chi connectivity index (χ4n) is 10.1. The average Bonchev–Trinajstić information content (AvgIpc) is 3.90. The minimum atomic E-state index is -0.578. The fourth-order valence-corrected chi connectivity index (χ4v) is 10.1. The van der Waals surface area contributed by atoms with E-state index in [1.807, 2.05) is 30.3 Å². The molecule has 0 spiro atoms. The number of hydrogen-bond acceptors (Lipinski definition) is 5. The molecule has 3 aromatic heterocycles. The van der Waals surface area contributed by atoms with Gasteiger partial charge in [-0.1, -0.05) is 182 Å². The molecular weight excluding hydrogens is 781 g/mol. The summed E-state index contributed by atoms with van der Waals surface area (Å²) in [6, 6.07) is 77.0. The summed E-state index contributed by atoms with van der Waals surface area (Å²) >= 11 is 0. The third-order valence-electron chi connectivity index (χ3n) is 13.0. The molecule has 0 radical (unpaired) electrons. The molecule has 0 unspecified atom stereocenters. The molecule has 0 N–H and O–H groups in total. The molecule has 0 aliphatic heterocycles. The van der Waals surface area contributed by atoms with E-state index in [4.69, 9.17) is 24.4 Å². The molecule has 64 heavy (non-hydrogen) atoms. The highest BCUT2D eigenvalue weighted by Crippen LogP contribution is 2.56. The molecule has 0 fully saturated rings. The average molecular weight is 817 g/mol. The van der Waals surface area contributed by atoms with Crippen LogP contribution in [0.2, 0.25) is 0 Å². The second-order valence-corrected chi connectivity index (χ2v) is 16.5. The van der Waals surface area contributed by atoms with E-state index in [0.717, 1.165) is 71.6 Å². The van der Waals surface area contributed by atoms with Crippen molar-refractivity contribution < 1.29 is 4.42 Å². The molecule has 9 aromatic carbocycles. The first-order valence-electron chi connectivity index (χ1n) is 21.6. The number of benzene rings is 9. The fraction of sp³-hybridized carbons (Fsp3) is 0.0169. The lowest BCUT2D eigenvalue weighted by Crippen LogP contribution is -2.28. The van der Waals surface area contributed by atoms with Crippen molar-refractivity contribution >= 4 is 43.6 Å². The van der Waals surface area contributed by atoms with Crippen LogP contribution in [-0.4, -0.2) is 19.9 Å². The zero-order chi connectivity index (χ0) is 42.2. The Balaban J connectivity index is 1.06. The van der Waals surface area contributed by atoms with Crippen molar-refractivity contribution in [3.8, 4) is 56.5 Å². The summed E-state index contributed by atoms with van der Waals surface area (Å²) in [7, 11) is 0. The summed E-state index contributed by atoms with van der Waals surface area (Å²) in [5.41, 5.74) is 13.7. The van der Waals surface area contributed by atoms with Gasteiger partial charge in [-0.05, 0) is 80.6 Å². The van der Waals surface area contributed by atoms with Crippen molar-refractivity contribution in [3.05, 3.63) is 241 Å². The quantitative estimate of drug-likeness (QED) is 0.167. The topological polar surface area (TPSA) is 64.7 Å². The molecule has 0 amide bonds. The molecular formula is C59H36N4O. The van der Waals surface area contributed by atoms with Crippen molar-refractivity contribution in [2.24, 2.45) is 0 Å². The van der Waals surface area contributed by atoms with E-state index in [2.05, 4.69) is 188 Å². The minimum Gasteiger partial charge on any atom is -0.455 e. The number of furan rings is 1. The Bertz CT molecular complexity index is 3760. The van der Waals surface area contributed by atoms with E-state index in [1.54, 1.807) is 0 Å². The summed E-state index contributed by atoms with van der Waals surface area (Å²) in [6.45, 7) is 0. The molecule has 3 heterocycles. The first-order valence-corrected chi connectivity index (χ1v) is 21.6. The van der Waals surface area contributed by atoms with Crippen LogP contribution in [0.15, 0.2) is 223 Å². The highest BCUT2D eigenvalue weighted by molar-refractivity contribution is 6.09. The maximum atomic E-state index is 6.61. The number of para-hydroxylation sites is 3. The molecule has 0 atom stereocenters. The van der Waals surface area contributed by atoms with Crippen LogP contribution in [0.5, 0.6) is 0 Å². The summed E-state index contributed by atoms with van der Waals surface area (Å²) in [5.74, 6) is 1.69. The zero-order valence-electron chi connectivity index (χ0n) is 34.5. The van der Waals surface area contributed by atoms with E-state index in [-0.39, 0.29) is 0 Å². The third kappa shape index (κ3) is 5.51. The maximum Gasteiger partial charge on any atom is 0.167 e. The van der Waals surface area contributed by atoms with E-state index in [9.17, 15) is 0 Å². The second kappa shape index (κ2) is 14.3. The van der Waals surface area contributed by atoms with Gasteiger partial charge in [-0.15, -0.1) is 0 Å². The number of aromatic nitrogens is 4. The summed E-state index contributed by atoms with van der Waals surface area (Å²) in [4.78, 5) is 21.2. The molecule has 1 aliphatic carbocycles. The Morgan fingerprint density at radius 1 is 0.344 bits per heavy atom. The molecule has 298 valence electrons. The highest BCUT2D eigenvalue weighted by Gasteiger charge is 2.46. The maximum absolute atomic E-state index is 6.61. The van der Waals surface area contributed by atoms with Gasteiger partial charge in [0.1, 0.15) is 11.2 Å². The molecule has 5 heteroatoms. The van der Waals surface area contributed by atoms with Gasteiger partial charge >= 0.3 is 0 Å². The SMILES string of the molecule is c1ccc(C2(c3ccccc3)c3ccccc3-c3ccc(-c4nc(-c5cccc6ccc(-c7ccc8ccccc8n7)cc56)nc(-c5cccc6c5oc5ccccc56)n4)cc32)cc1. The standard InChI is InChI=1S/C59H36N4O/c1-3-17-41(18-4-1)59(42-19-5-2-6-20-42)50-26-10-8-21-43(50)44-33-31-40(36-51(44)59)56-61-57(63-58(62-56)48-25-14-23-46-45-22-9-12-28-54(45)64-55(46)48)47-24-13-16-37-29-30-39(35-49(37)47)53-34-32-38-15-7-11-27-52(38)60-53/h1-36H. The lowest BCUT2D eigenvalue weighted by Gasteiger charge is -2.34. The summed E-state index contributed by atoms with van der Waals surface area (Å²) in [5, 5.41) is 5.28. The molecule has 5 nitrogen and oxygen atoms in total. The number of fused-ring (bicyclic) bond motifs is 8. The lowest BCUT2D eigenvalue weighted by molar-refractivity contribution is 0.669. The van der Waals surface area contributed by atoms with Crippen LogP contribution in [0.25, 0.3) is 100 Å². The van der Waals surface area contributed by atoms with Crippen LogP contribution in [0.3, 0.4) is 0 Å². The van der Waals surface area contributed by atoms with Gasteiger partial charge in [-0.25, -0.2) is 19.9 Å². The predicted molar refractivity (Wildman–Crippen MR) is 259 cm³/mol. The summed E-state index contributed by atoms with van der Waals surface area (Å²) < 4.78 is 6.61. The van der Waals surface area contributed by atoms with Crippen LogP contribution in [0, 0.1) is 0 Å². The molecule has 0 saturated heterocycles. The van der Waals surface area contributed by atoms with Gasteiger partial charge in [-0.2, -0.15) is 0 Å². The van der Waals surface area contributed by atoms with Crippen LogP contribution in [-0.2, 0) is 5.41 Å². The molecule has 1 aliphatic rings. The predicted octanol–water partition coefficient (Wildman–Crippen LogP) is 14.5. The number of rotatable bonds is 6. The Labute approximate surface area is 369 Å². The van der Waals surface area contributed by atoms with Gasteiger partial charge in [0.25, 0.3) is 0 Å². The van der Waals surface area contributed by atoms with Crippen molar-refractivity contribution in [3.63, 3.8) is 0 Å². The molecule has 12 aromatic rings. The normalized spacial score (nSPS) is 12.8. The zero-order valence-corrected chi connectivity index (χ0v) is 34.5. The van der Waals surface area contributed by atoms with Crippen LogP contribution < -0.4 is 0 Å². The third-order valence-corrected chi connectivity index (χ3v) is 13.0. The van der Waals surface area contributed by atoms with Gasteiger partial charge < -0.3 is 4.42 Å². The van der Waals surface area contributed by atoms with Crippen molar-refractivity contribution in [1.82, 2.24) is 19.9 Å². The van der Waals surface area contributed by atoms with Gasteiger partial charge in [0, 0.05) is 32.8 Å². The minimum absolute atomic E-state index is 0.537. The molecule has 13 rings (SSSR count). The van der Waals surface area contributed by atoms with Crippen molar-refractivity contribution in [2.75, 3.05) is 0 Å². The van der Waals surface area contributed by atoms with Crippen LogP contribution >= 0.6 is 0 Å². The van der Waals surface area contributed by atoms with Gasteiger partial charge in [0.05, 0.1) is 22.2 Å². The van der Waals surface area contributed by atoms with E-state index >= 15 is 0 Å². The Hall–Kier alpha value is -8.54. The van der Waals surface area contributed by atoms with E-state index < -0.39 is 5.41 Å². The van der Waals surface area contributed by atoms with Gasteiger partial charge in [0.15, 0.2) is 17.5 Å². The van der Waals surface area contributed by atoms with Gasteiger partial charge in [-0.3, -0.25) is 0 Å². The Morgan fingerprint density at radius 3 is 1.81 bits per heavy atom. The monoisotopic (exact) mass is 816 g/mol. The lowest BCUT2D eigenvalue weighted by atomic mass is 9.67. The smallest absolute Gasteiger partial charge is 0.167 e. The number of hydrogen-bond donors (Lipinski definition) is 0. The van der Waals surface area contributed by atoms with Crippen molar-refractivity contribution in [2.45, 2.75) is 5.41 Å². The summed E-state index contributed by atoms with van der Waals surface area (Å²) in [6.07, 6.45) is 0. The Morgan fingerprint density at radius 2 is 0.953 bits per heavy atom. The molecule has 0 saturated carbocycles. The Kier molecular flexibility index (Phi) is 8.06. The van der Waals surface area contributed by atoms with E-state index in [1.165, 1.54) is 33.4 Å².